The zero-order valence-corrected chi connectivity index (χ0v) is 18.1. The van der Waals surface area contributed by atoms with Gasteiger partial charge in [-0.05, 0) is 25.0 Å². The van der Waals surface area contributed by atoms with Crippen LogP contribution in [-0.2, 0) is 4.79 Å². The van der Waals surface area contributed by atoms with Crippen molar-refractivity contribution in [2.75, 3.05) is 39.3 Å². The summed E-state index contributed by atoms with van der Waals surface area (Å²) in [7, 11) is 0. The lowest BCUT2D eigenvalue weighted by Crippen LogP contribution is -2.51. The monoisotopic (exact) mass is 409 g/mol. The number of carbonyl (C=O) groups is 2. The van der Waals surface area contributed by atoms with Crippen LogP contribution in [0, 0.1) is 6.92 Å². The van der Waals surface area contributed by atoms with Crippen molar-refractivity contribution in [3.63, 3.8) is 0 Å². The lowest BCUT2D eigenvalue weighted by Gasteiger charge is -2.34. The average molecular weight is 410 g/mol. The maximum Gasteiger partial charge on any atom is 0.257 e. The molecule has 2 heterocycles. The molecule has 1 aliphatic heterocycles. The minimum Gasteiger partial charge on any atom is -0.352 e. The van der Waals surface area contributed by atoms with Crippen molar-refractivity contribution in [3.8, 4) is 5.69 Å². The molecule has 2 aromatic rings. The van der Waals surface area contributed by atoms with Crippen LogP contribution in [0.2, 0.25) is 0 Å². The number of carbonyl (C=O) groups excluding carboxylic acids is 2. The highest BCUT2D eigenvalue weighted by Crippen LogP contribution is 2.25. The topological polar surface area (TPSA) is 70.5 Å². The predicted molar refractivity (Wildman–Crippen MR) is 118 cm³/mol. The summed E-state index contributed by atoms with van der Waals surface area (Å²) in [5.41, 5.74) is 3.72. The molecule has 0 bridgehead atoms. The molecule has 0 atom stereocenters. The lowest BCUT2D eigenvalue weighted by atomic mass is 10.0. The molecule has 7 heteroatoms. The van der Waals surface area contributed by atoms with Gasteiger partial charge in [-0.3, -0.25) is 14.5 Å². The van der Waals surface area contributed by atoms with E-state index in [0.29, 0.717) is 44.8 Å². The minimum absolute atomic E-state index is 0.00724. The first kappa shape index (κ1) is 21.8. The first-order valence-corrected chi connectivity index (χ1v) is 10.4. The molecule has 1 aromatic carbocycles. The SMILES string of the molecule is C=CCNC(=O)CN1CCN(C(=O)c2cnn(-c3ccc(C)cc3)c2C(C)C)CC1. The molecule has 0 unspecified atom stereocenters. The largest absolute Gasteiger partial charge is 0.352 e. The van der Waals surface area contributed by atoms with Crippen molar-refractivity contribution < 1.29 is 9.59 Å². The zero-order valence-electron chi connectivity index (χ0n) is 18.1. The standard InChI is InChI=1S/C23H31N5O2/c1-5-10-24-21(29)16-26-11-13-27(14-12-26)23(30)20-15-25-28(22(20)17(2)3)19-8-6-18(4)7-9-19/h5-9,15,17H,1,10-14,16H2,2-4H3,(H,24,29). The van der Waals surface area contributed by atoms with Gasteiger partial charge in [-0.15, -0.1) is 6.58 Å². The average Bonchev–Trinajstić information content (AvgIpc) is 3.18. The van der Waals surface area contributed by atoms with E-state index in [1.165, 1.54) is 5.56 Å². The molecule has 0 saturated carbocycles. The number of rotatable bonds is 7. The summed E-state index contributed by atoms with van der Waals surface area (Å²) in [5.74, 6) is 0.145. The van der Waals surface area contributed by atoms with Crippen LogP contribution in [0.25, 0.3) is 5.69 Å². The van der Waals surface area contributed by atoms with Gasteiger partial charge in [-0.25, -0.2) is 4.68 Å². The Bertz CT molecular complexity index is 893. The van der Waals surface area contributed by atoms with Crippen LogP contribution in [0.1, 0.15) is 41.4 Å². The molecule has 1 N–H and O–H groups in total. The lowest BCUT2D eigenvalue weighted by molar-refractivity contribution is -0.122. The van der Waals surface area contributed by atoms with Gasteiger partial charge in [-0.1, -0.05) is 37.6 Å². The highest BCUT2D eigenvalue weighted by atomic mass is 16.2. The van der Waals surface area contributed by atoms with E-state index < -0.39 is 0 Å². The summed E-state index contributed by atoms with van der Waals surface area (Å²) >= 11 is 0. The number of aromatic nitrogens is 2. The van der Waals surface area contributed by atoms with Crippen molar-refractivity contribution in [1.29, 1.82) is 0 Å². The van der Waals surface area contributed by atoms with Crippen LogP contribution < -0.4 is 5.32 Å². The Balaban J connectivity index is 1.69. The number of aryl methyl sites for hydroxylation is 1. The molecule has 0 radical (unpaired) electrons. The van der Waals surface area contributed by atoms with Gasteiger partial charge in [0.15, 0.2) is 0 Å². The fraction of sp³-hybridized carbons (Fsp3) is 0.435. The predicted octanol–water partition coefficient (Wildman–Crippen LogP) is 2.36. The van der Waals surface area contributed by atoms with Crippen molar-refractivity contribution >= 4 is 11.8 Å². The van der Waals surface area contributed by atoms with E-state index in [4.69, 9.17) is 0 Å². The normalized spacial score (nSPS) is 14.7. The smallest absolute Gasteiger partial charge is 0.257 e. The Morgan fingerprint density at radius 1 is 1.17 bits per heavy atom. The molecule has 7 nitrogen and oxygen atoms in total. The van der Waals surface area contributed by atoms with E-state index >= 15 is 0 Å². The van der Waals surface area contributed by atoms with Crippen molar-refractivity contribution in [2.24, 2.45) is 0 Å². The fourth-order valence-electron chi connectivity index (χ4n) is 3.69. The Morgan fingerprint density at radius 2 is 1.83 bits per heavy atom. The van der Waals surface area contributed by atoms with Gasteiger partial charge < -0.3 is 10.2 Å². The molecule has 0 spiro atoms. The highest BCUT2D eigenvalue weighted by molar-refractivity contribution is 5.95. The van der Waals surface area contributed by atoms with E-state index in [1.54, 1.807) is 12.3 Å². The molecule has 1 aromatic heterocycles. The number of piperazine rings is 1. The van der Waals surface area contributed by atoms with Gasteiger partial charge in [0.2, 0.25) is 5.91 Å². The third kappa shape index (κ3) is 4.97. The summed E-state index contributed by atoms with van der Waals surface area (Å²) in [6.45, 7) is 13.2. The van der Waals surface area contributed by atoms with E-state index in [2.05, 4.69) is 35.7 Å². The molecule has 0 aliphatic carbocycles. The van der Waals surface area contributed by atoms with Gasteiger partial charge in [0.25, 0.3) is 5.91 Å². The Kier molecular flexibility index (Phi) is 7.05. The summed E-state index contributed by atoms with van der Waals surface area (Å²) < 4.78 is 1.87. The van der Waals surface area contributed by atoms with Gasteiger partial charge in [0, 0.05) is 32.7 Å². The maximum atomic E-state index is 13.3. The van der Waals surface area contributed by atoms with Gasteiger partial charge in [0.1, 0.15) is 0 Å². The van der Waals surface area contributed by atoms with E-state index in [0.717, 1.165) is 11.4 Å². The van der Waals surface area contributed by atoms with Gasteiger partial charge in [-0.2, -0.15) is 5.10 Å². The second-order valence-electron chi connectivity index (χ2n) is 8.01. The first-order chi connectivity index (χ1) is 14.4. The molecule has 3 rings (SSSR count). The minimum atomic E-state index is -0.0175. The first-order valence-electron chi connectivity index (χ1n) is 10.4. The van der Waals surface area contributed by atoms with Crippen LogP contribution in [0.4, 0.5) is 0 Å². The fourth-order valence-corrected chi connectivity index (χ4v) is 3.69. The summed E-state index contributed by atoms with van der Waals surface area (Å²) in [4.78, 5) is 29.1. The van der Waals surface area contributed by atoms with Crippen LogP contribution in [0.15, 0.2) is 43.1 Å². The quantitative estimate of drug-likeness (QED) is 0.713. The molecule has 160 valence electrons. The van der Waals surface area contributed by atoms with Crippen molar-refractivity contribution in [2.45, 2.75) is 26.7 Å². The van der Waals surface area contributed by atoms with Crippen molar-refractivity contribution in [1.82, 2.24) is 24.9 Å². The third-order valence-electron chi connectivity index (χ3n) is 5.33. The second-order valence-corrected chi connectivity index (χ2v) is 8.01. The molecule has 1 aliphatic rings. The van der Waals surface area contributed by atoms with Gasteiger partial charge >= 0.3 is 0 Å². The molecular weight excluding hydrogens is 378 g/mol. The molecule has 1 fully saturated rings. The third-order valence-corrected chi connectivity index (χ3v) is 5.33. The summed E-state index contributed by atoms with van der Waals surface area (Å²) in [5, 5.41) is 7.32. The Labute approximate surface area is 178 Å². The maximum absolute atomic E-state index is 13.3. The number of hydrogen-bond acceptors (Lipinski definition) is 4. The van der Waals surface area contributed by atoms with Crippen molar-refractivity contribution in [3.05, 3.63) is 59.9 Å². The molecule has 1 saturated heterocycles. The second kappa shape index (κ2) is 9.71. The number of benzene rings is 1. The Hall–Kier alpha value is -2.93. The van der Waals surface area contributed by atoms with Crippen LogP contribution in [0.5, 0.6) is 0 Å². The zero-order chi connectivity index (χ0) is 21.7. The highest BCUT2D eigenvalue weighted by Gasteiger charge is 2.28. The van der Waals surface area contributed by atoms with E-state index in [9.17, 15) is 9.59 Å². The number of nitrogens with one attached hydrogen (secondary N) is 1. The summed E-state index contributed by atoms with van der Waals surface area (Å²) in [6, 6.07) is 8.15. The number of nitrogens with zero attached hydrogens (tertiary/aromatic N) is 4. The van der Waals surface area contributed by atoms with Crippen LogP contribution >= 0.6 is 0 Å². The molecule has 2 amide bonds. The van der Waals surface area contributed by atoms with Crippen LogP contribution in [-0.4, -0.2) is 70.7 Å². The number of hydrogen-bond donors (Lipinski definition) is 1. The van der Waals surface area contributed by atoms with E-state index in [-0.39, 0.29) is 17.7 Å². The Morgan fingerprint density at radius 3 is 2.43 bits per heavy atom. The molecular formula is C23H31N5O2. The summed E-state index contributed by atoms with van der Waals surface area (Å²) in [6.07, 6.45) is 3.35. The number of amides is 2. The molecule has 30 heavy (non-hydrogen) atoms. The van der Waals surface area contributed by atoms with E-state index in [1.807, 2.05) is 40.8 Å². The van der Waals surface area contributed by atoms with Crippen LogP contribution in [0.3, 0.4) is 0 Å². The van der Waals surface area contributed by atoms with Gasteiger partial charge in [0.05, 0.1) is 29.7 Å².